The average Bonchev–Trinajstić information content (AvgIpc) is 2.30. The fourth-order valence-corrected chi connectivity index (χ4v) is 1.51. The molecule has 1 heteroatoms. The number of para-hydroxylation sites is 1. The second-order valence-electron chi connectivity index (χ2n) is 5.22. The van der Waals surface area contributed by atoms with Crippen molar-refractivity contribution < 1.29 is 5.11 Å². The lowest BCUT2D eigenvalue weighted by molar-refractivity contribution is 0.465. The zero-order chi connectivity index (χ0) is 14.0. The molecule has 0 heterocycles. The Kier molecular flexibility index (Phi) is 9.08. The topological polar surface area (TPSA) is 20.2 Å². The summed E-state index contributed by atoms with van der Waals surface area (Å²) in [6, 6.07) is 7.44. The van der Waals surface area contributed by atoms with E-state index in [1.54, 1.807) is 6.07 Å². The predicted octanol–water partition coefficient (Wildman–Crippen LogP) is 5.51. The molecule has 0 aromatic heterocycles. The monoisotopic (exact) mass is 248 g/mol. The fourth-order valence-electron chi connectivity index (χ4n) is 1.51. The number of hydrogen-bond acceptors (Lipinski definition) is 1. The summed E-state index contributed by atoms with van der Waals surface area (Å²) < 4.78 is 0. The Morgan fingerprint density at radius 3 is 2.06 bits per heavy atom. The van der Waals surface area contributed by atoms with Crippen molar-refractivity contribution in [1.29, 1.82) is 0 Å². The Morgan fingerprint density at radius 1 is 1.06 bits per heavy atom. The van der Waals surface area contributed by atoms with Gasteiger partial charge in [0.15, 0.2) is 0 Å². The van der Waals surface area contributed by atoms with Crippen LogP contribution in [0.15, 0.2) is 36.4 Å². The number of hydrogen-bond donors (Lipinski definition) is 1. The van der Waals surface area contributed by atoms with Crippen LogP contribution >= 0.6 is 0 Å². The molecule has 1 rings (SSSR count). The first-order valence-electron chi connectivity index (χ1n) is 6.91. The molecule has 1 aromatic rings. The maximum Gasteiger partial charge on any atom is 0.119 e. The molecule has 0 unspecified atom stereocenters. The van der Waals surface area contributed by atoms with Crippen molar-refractivity contribution in [1.82, 2.24) is 0 Å². The maximum absolute atomic E-state index is 9.28. The molecule has 0 amide bonds. The lowest BCUT2D eigenvalue weighted by Gasteiger charge is -2.05. The smallest absolute Gasteiger partial charge is 0.119 e. The summed E-state index contributed by atoms with van der Waals surface area (Å²) in [6.07, 6.45) is 6.88. The first-order chi connectivity index (χ1) is 8.49. The van der Waals surface area contributed by atoms with Crippen LogP contribution in [0, 0.1) is 5.92 Å². The molecule has 0 fully saturated rings. The molecule has 18 heavy (non-hydrogen) atoms. The molecular weight excluding hydrogens is 220 g/mol. The lowest BCUT2D eigenvalue weighted by atomic mass is 10.0. The van der Waals surface area contributed by atoms with E-state index in [-0.39, 0.29) is 0 Å². The first-order valence-corrected chi connectivity index (χ1v) is 6.91. The average molecular weight is 248 g/mol. The molecule has 0 aliphatic rings. The molecule has 1 aromatic carbocycles. The van der Waals surface area contributed by atoms with E-state index in [1.165, 1.54) is 12.8 Å². The van der Waals surface area contributed by atoms with Gasteiger partial charge in [-0.2, -0.15) is 0 Å². The highest BCUT2D eigenvalue weighted by Gasteiger charge is 2.01. The van der Waals surface area contributed by atoms with Crippen molar-refractivity contribution in [2.75, 3.05) is 0 Å². The quantitative estimate of drug-likeness (QED) is 0.696. The van der Waals surface area contributed by atoms with Gasteiger partial charge in [-0.05, 0) is 36.3 Å². The van der Waals surface area contributed by atoms with Crippen molar-refractivity contribution in [3.8, 4) is 5.75 Å². The minimum absolute atomic E-state index is 0.400. The van der Waals surface area contributed by atoms with Crippen molar-refractivity contribution in [2.24, 2.45) is 5.92 Å². The Morgan fingerprint density at radius 2 is 1.67 bits per heavy atom. The van der Waals surface area contributed by atoms with Crippen molar-refractivity contribution in [3.05, 3.63) is 42.0 Å². The molecule has 102 valence electrons. The van der Waals surface area contributed by atoms with Crippen LogP contribution in [0.3, 0.4) is 0 Å². The van der Waals surface area contributed by atoms with Crippen molar-refractivity contribution in [3.63, 3.8) is 0 Å². The van der Waals surface area contributed by atoms with Gasteiger partial charge >= 0.3 is 0 Å². The van der Waals surface area contributed by atoms with Crippen LogP contribution in [-0.4, -0.2) is 5.11 Å². The standard InChI is InChI=1S/C9H12O.C8H16/c1-7(2)8-5-3-4-6-9(8)10;1-4-5-6-7-8(2)3/h3-7,10H,1-2H3;5-6,8H,4,7H2,1-3H3/b;6-5+. The van der Waals surface area contributed by atoms with Gasteiger partial charge in [-0.15, -0.1) is 0 Å². The number of rotatable bonds is 4. The van der Waals surface area contributed by atoms with Gasteiger partial charge in [0.05, 0.1) is 0 Å². The molecule has 0 saturated carbocycles. The molecule has 0 spiro atoms. The highest BCUT2D eigenvalue weighted by atomic mass is 16.3. The summed E-state index contributed by atoms with van der Waals surface area (Å²) in [7, 11) is 0. The van der Waals surface area contributed by atoms with E-state index >= 15 is 0 Å². The van der Waals surface area contributed by atoms with Gasteiger partial charge in [0, 0.05) is 0 Å². The van der Waals surface area contributed by atoms with E-state index in [4.69, 9.17) is 0 Å². The molecule has 0 saturated heterocycles. The van der Waals surface area contributed by atoms with E-state index in [2.05, 4.69) is 46.8 Å². The molecule has 1 N–H and O–H groups in total. The summed E-state index contributed by atoms with van der Waals surface area (Å²) in [5, 5.41) is 9.28. The minimum atomic E-state index is 0.400. The fraction of sp³-hybridized carbons (Fsp3) is 0.529. The van der Waals surface area contributed by atoms with E-state index in [0.717, 1.165) is 11.5 Å². The number of benzene rings is 1. The minimum Gasteiger partial charge on any atom is -0.508 e. The SMILES string of the molecule is CC(C)c1ccccc1O.CC/C=C/CC(C)C. The molecule has 0 aliphatic carbocycles. The zero-order valence-electron chi connectivity index (χ0n) is 12.5. The van der Waals surface area contributed by atoms with Crippen LogP contribution < -0.4 is 0 Å². The van der Waals surface area contributed by atoms with Crippen LogP contribution in [0.5, 0.6) is 5.75 Å². The summed E-state index contributed by atoms with van der Waals surface area (Å²) in [4.78, 5) is 0. The third-order valence-corrected chi connectivity index (χ3v) is 2.57. The summed E-state index contributed by atoms with van der Waals surface area (Å²) in [5.41, 5.74) is 1.02. The Labute approximate surface area is 113 Å². The van der Waals surface area contributed by atoms with Gasteiger partial charge in [0.2, 0.25) is 0 Å². The summed E-state index contributed by atoms with van der Waals surface area (Å²) in [5.74, 6) is 1.62. The van der Waals surface area contributed by atoms with Gasteiger partial charge in [-0.25, -0.2) is 0 Å². The Bertz CT molecular complexity index is 337. The van der Waals surface area contributed by atoms with Crippen molar-refractivity contribution in [2.45, 2.75) is 53.4 Å². The largest absolute Gasteiger partial charge is 0.508 e. The summed E-state index contributed by atoms with van der Waals surface area (Å²) >= 11 is 0. The maximum atomic E-state index is 9.28. The zero-order valence-corrected chi connectivity index (χ0v) is 12.5. The number of phenolic OH excluding ortho intramolecular Hbond substituents is 1. The van der Waals surface area contributed by atoms with E-state index in [9.17, 15) is 5.11 Å². The third kappa shape index (κ3) is 7.94. The highest BCUT2D eigenvalue weighted by Crippen LogP contribution is 2.23. The Hall–Kier alpha value is -1.24. The normalized spacial score (nSPS) is 10.8. The highest BCUT2D eigenvalue weighted by molar-refractivity contribution is 5.33. The summed E-state index contributed by atoms with van der Waals surface area (Å²) in [6.45, 7) is 10.8. The van der Waals surface area contributed by atoms with Crippen LogP contribution in [0.2, 0.25) is 0 Å². The molecule has 0 atom stereocenters. The van der Waals surface area contributed by atoms with Gasteiger partial charge in [0.25, 0.3) is 0 Å². The number of allylic oxidation sites excluding steroid dienone is 2. The van der Waals surface area contributed by atoms with Crippen molar-refractivity contribution >= 4 is 0 Å². The van der Waals surface area contributed by atoms with Crippen LogP contribution in [-0.2, 0) is 0 Å². The third-order valence-electron chi connectivity index (χ3n) is 2.57. The van der Waals surface area contributed by atoms with E-state index in [0.29, 0.717) is 11.7 Å². The lowest BCUT2D eigenvalue weighted by Crippen LogP contribution is -1.85. The van der Waals surface area contributed by atoms with Crippen LogP contribution in [0.1, 0.15) is 58.9 Å². The number of phenols is 1. The number of aromatic hydroxyl groups is 1. The van der Waals surface area contributed by atoms with Gasteiger partial charge < -0.3 is 5.11 Å². The molecule has 0 bridgehead atoms. The second kappa shape index (κ2) is 9.76. The van der Waals surface area contributed by atoms with Gasteiger partial charge in [0.1, 0.15) is 5.75 Å². The van der Waals surface area contributed by atoms with Crippen LogP contribution in [0.4, 0.5) is 0 Å². The van der Waals surface area contributed by atoms with E-state index in [1.807, 2.05) is 18.2 Å². The van der Waals surface area contributed by atoms with E-state index < -0.39 is 0 Å². The molecule has 0 aliphatic heterocycles. The molecular formula is C17H28O. The second-order valence-corrected chi connectivity index (χ2v) is 5.22. The molecule has 1 nitrogen and oxygen atoms in total. The van der Waals surface area contributed by atoms with Gasteiger partial charge in [-0.1, -0.05) is 65.0 Å². The van der Waals surface area contributed by atoms with Crippen LogP contribution in [0.25, 0.3) is 0 Å². The molecule has 0 radical (unpaired) electrons. The Balaban J connectivity index is 0.000000331. The first kappa shape index (κ1) is 16.8. The predicted molar refractivity (Wildman–Crippen MR) is 81.1 cm³/mol. The van der Waals surface area contributed by atoms with Gasteiger partial charge in [-0.3, -0.25) is 0 Å².